The van der Waals surface area contributed by atoms with Crippen molar-refractivity contribution >= 4 is 74.2 Å². The first kappa shape index (κ1) is 44.9. The van der Waals surface area contributed by atoms with Crippen LogP contribution in [0.25, 0.3) is 32.9 Å². The molecular formula is C51H54Cl2N8O5. The summed E-state index contributed by atoms with van der Waals surface area (Å²) >= 11 is 13.7. The topological polar surface area (TPSA) is 131 Å². The average molecular weight is 930 g/mol. The predicted octanol–water partition coefficient (Wildman–Crippen LogP) is 9.89. The number of hydrogen-bond donors (Lipinski definition) is 1. The predicted molar refractivity (Wildman–Crippen MR) is 261 cm³/mol. The second-order valence-electron chi connectivity index (χ2n) is 17.9. The molecule has 15 heteroatoms. The molecule has 6 heterocycles. The monoisotopic (exact) mass is 928 g/mol. The van der Waals surface area contributed by atoms with Gasteiger partial charge in [-0.1, -0.05) is 29.3 Å². The van der Waals surface area contributed by atoms with Crippen LogP contribution in [0, 0.1) is 34.6 Å². The van der Waals surface area contributed by atoms with Crippen molar-refractivity contribution in [2.75, 3.05) is 49.1 Å². The van der Waals surface area contributed by atoms with E-state index in [4.69, 9.17) is 38.0 Å². The maximum Gasteiger partial charge on any atom is 0.352 e. The highest BCUT2D eigenvalue weighted by Crippen LogP contribution is 2.46. The minimum absolute atomic E-state index is 0.0602. The molecule has 2 aliphatic rings. The van der Waals surface area contributed by atoms with E-state index in [-0.39, 0.29) is 30.1 Å². The Morgan fingerprint density at radius 1 is 0.909 bits per heavy atom. The molecule has 13 nitrogen and oxygen atoms in total. The van der Waals surface area contributed by atoms with Gasteiger partial charge in [-0.25, -0.2) is 4.79 Å². The van der Waals surface area contributed by atoms with Crippen LogP contribution in [0.15, 0.2) is 60.8 Å². The van der Waals surface area contributed by atoms with Crippen LogP contribution >= 0.6 is 23.2 Å². The van der Waals surface area contributed by atoms with E-state index in [2.05, 4.69) is 16.4 Å². The fraction of sp³-hybridized carbons (Fsp3) is 0.353. The zero-order chi connectivity index (χ0) is 46.9. The largest absolute Gasteiger partial charge is 0.494 e. The van der Waals surface area contributed by atoms with Crippen LogP contribution in [-0.2, 0) is 24.8 Å². The van der Waals surface area contributed by atoms with Gasteiger partial charge in [-0.05, 0) is 125 Å². The first-order valence-corrected chi connectivity index (χ1v) is 23.2. The minimum Gasteiger partial charge on any atom is -0.494 e. The van der Waals surface area contributed by atoms with Gasteiger partial charge in [0.25, 0.3) is 5.91 Å². The van der Waals surface area contributed by atoms with Crippen LogP contribution in [0.1, 0.15) is 86.6 Å². The molecule has 0 spiro atoms. The van der Waals surface area contributed by atoms with Crippen molar-refractivity contribution in [3.05, 3.63) is 122 Å². The lowest BCUT2D eigenvalue weighted by Crippen LogP contribution is -2.48. The van der Waals surface area contributed by atoms with Crippen molar-refractivity contribution in [3.8, 4) is 16.9 Å². The summed E-state index contributed by atoms with van der Waals surface area (Å²) in [7, 11) is 1.92. The van der Waals surface area contributed by atoms with Gasteiger partial charge in [0.1, 0.15) is 17.1 Å². The SMILES string of the molecule is CC(=O)N1CCN(c2ccnc(Cn3c(C(=O)O)cc4cc(C)cc(N5C[C@@H](C)n6c(c(CCCOc7cc(C)c(Cl)c(C)c7)c7ccc(Cl)c(-c8c(C)nn(C)c8C)c76)C5=O)c43)c2)CC1. The number of fused-ring (bicyclic) bond motifs is 4. The van der Waals surface area contributed by atoms with Crippen molar-refractivity contribution in [2.45, 2.75) is 73.9 Å². The van der Waals surface area contributed by atoms with Gasteiger partial charge < -0.3 is 33.7 Å². The van der Waals surface area contributed by atoms with Gasteiger partial charge in [0.2, 0.25) is 5.91 Å². The number of carbonyl (C=O) groups excluding carboxylic acids is 2. The first-order valence-electron chi connectivity index (χ1n) is 22.4. The van der Waals surface area contributed by atoms with Gasteiger partial charge >= 0.3 is 5.97 Å². The molecule has 1 N–H and O–H groups in total. The Hall–Kier alpha value is -6.31. The third-order valence-electron chi connectivity index (χ3n) is 13.4. The second-order valence-corrected chi connectivity index (χ2v) is 18.7. The maximum atomic E-state index is 15.7. The number of carboxylic acid groups (broad SMARTS) is 1. The Kier molecular flexibility index (Phi) is 11.9. The zero-order valence-corrected chi connectivity index (χ0v) is 40.1. The second kappa shape index (κ2) is 17.5. The van der Waals surface area contributed by atoms with Crippen molar-refractivity contribution < 1.29 is 24.2 Å². The summed E-state index contributed by atoms with van der Waals surface area (Å²) < 4.78 is 12.1. The Morgan fingerprint density at radius 2 is 1.64 bits per heavy atom. The number of rotatable bonds is 11. The molecule has 1 atom stereocenters. The molecule has 66 heavy (non-hydrogen) atoms. The number of hydrogen-bond acceptors (Lipinski definition) is 7. The molecule has 0 radical (unpaired) electrons. The third-order valence-corrected chi connectivity index (χ3v) is 14.3. The summed E-state index contributed by atoms with van der Waals surface area (Å²) in [4.78, 5) is 51.4. The summed E-state index contributed by atoms with van der Waals surface area (Å²) in [5.74, 6) is -0.465. The summed E-state index contributed by atoms with van der Waals surface area (Å²) in [6, 6.07) is 17.2. The highest BCUT2D eigenvalue weighted by Gasteiger charge is 2.38. The molecule has 9 rings (SSSR count). The Morgan fingerprint density at radius 3 is 2.30 bits per heavy atom. The number of aromatic nitrogens is 5. The summed E-state index contributed by atoms with van der Waals surface area (Å²) in [6.45, 7) is 17.1. The van der Waals surface area contributed by atoms with Crippen molar-refractivity contribution in [1.82, 2.24) is 28.8 Å². The average Bonchev–Trinajstić information content (AvgIpc) is 3.90. The minimum atomic E-state index is -1.08. The number of aromatic carboxylic acids is 1. The van der Waals surface area contributed by atoms with Crippen LogP contribution in [0.3, 0.4) is 0 Å². The number of carboxylic acids is 1. The van der Waals surface area contributed by atoms with Crippen LogP contribution in [0.2, 0.25) is 10.0 Å². The smallest absolute Gasteiger partial charge is 0.352 e. The van der Waals surface area contributed by atoms with Gasteiger partial charge in [0.15, 0.2) is 0 Å². The molecule has 7 aromatic rings. The fourth-order valence-corrected chi connectivity index (χ4v) is 10.6. The number of halogens is 2. The number of carbonyl (C=O) groups is 3. The quantitative estimate of drug-likeness (QED) is 0.127. The van der Waals surface area contributed by atoms with Gasteiger partial charge in [0.05, 0.1) is 46.3 Å². The van der Waals surface area contributed by atoms with Gasteiger partial charge in [-0.15, -0.1) is 0 Å². The number of amides is 2. The highest BCUT2D eigenvalue weighted by molar-refractivity contribution is 6.35. The summed E-state index contributed by atoms with van der Waals surface area (Å²) in [6.07, 6.45) is 2.90. The van der Waals surface area contributed by atoms with E-state index >= 15 is 4.79 Å². The number of benzene rings is 3. The maximum absolute atomic E-state index is 15.7. The van der Waals surface area contributed by atoms with Crippen LogP contribution in [0.5, 0.6) is 5.75 Å². The normalized spacial score (nSPS) is 15.3. The summed E-state index contributed by atoms with van der Waals surface area (Å²) in [5.41, 5.74) is 11.7. The Balaban J connectivity index is 1.15. The van der Waals surface area contributed by atoms with E-state index in [1.165, 1.54) is 0 Å². The van der Waals surface area contributed by atoms with E-state index in [0.717, 1.165) is 72.1 Å². The number of aryl methyl sites for hydroxylation is 6. The van der Waals surface area contributed by atoms with E-state index in [0.29, 0.717) is 85.2 Å². The molecule has 1 saturated heterocycles. The zero-order valence-electron chi connectivity index (χ0n) is 38.6. The molecule has 2 aliphatic heterocycles. The molecule has 2 amide bonds. The lowest BCUT2D eigenvalue weighted by molar-refractivity contribution is -0.129. The molecule has 1 fully saturated rings. The highest BCUT2D eigenvalue weighted by atomic mass is 35.5. The molecule has 342 valence electrons. The number of anilines is 2. The molecule has 0 bridgehead atoms. The first-order chi connectivity index (χ1) is 31.5. The molecule has 0 saturated carbocycles. The number of nitrogens with zero attached hydrogens (tertiary/aromatic N) is 8. The lowest BCUT2D eigenvalue weighted by Gasteiger charge is -2.35. The lowest BCUT2D eigenvalue weighted by atomic mass is 9.98. The van der Waals surface area contributed by atoms with Gasteiger partial charge in [0, 0.05) is 97.2 Å². The molecule has 3 aromatic carbocycles. The Labute approximate surface area is 394 Å². The van der Waals surface area contributed by atoms with Gasteiger partial charge in [-0.3, -0.25) is 19.3 Å². The van der Waals surface area contributed by atoms with E-state index in [1.54, 1.807) is 23.8 Å². The van der Waals surface area contributed by atoms with Crippen molar-refractivity contribution in [1.29, 1.82) is 0 Å². The third kappa shape index (κ3) is 7.85. The number of ether oxygens (including phenoxy) is 1. The summed E-state index contributed by atoms with van der Waals surface area (Å²) in [5, 5.41) is 18.4. The fourth-order valence-electron chi connectivity index (χ4n) is 10.2. The molecule has 0 aliphatic carbocycles. The van der Waals surface area contributed by atoms with E-state index in [9.17, 15) is 14.7 Å². The molecular weight excluding hydrogens is 876 g/mol. The van der Waals surface area contributed by atoms with Crippen LogP contribution in [-0.4, -0.2) is 91.0 Å². The van der Waals surface area contributed by atoms with Gasteiger partial charge in [-0.2, -0.15) is 5.10 Å². The van der Waals surface area contributed by atoms with Crippen LogP contribution < -0.4 is 14.5 Å². The Bertz CT molecular complexity index is 3100. The van der Waals surface area contributed by atoms with Crippen molar-refractivity contribution in [3.63, 3.8) is 0 Å². The number of pyridine rings is 1. The van der Waals surface area contributed by atoms with Crippen LogP contribution in [0.4, 0.5) is 11.4 Å². The molecule has 4 aromatic heterocycles. The molecule has 0 unspecified atom stereocenters. The van der Waals surface area contributed by atoms with E-state index in [1.807, 2.05) is 105 Å². The number of piperazine rings is 1. The standard InChI is InChI=1S/C51H54Cl2N8O5/c1-28-20-35-24-43(51(64)65)59(27-36-25-37(13-14-54-36)58-17-15-57(16-18-58)34(7)62)47(35)42(21-28)60-26-31(4)61-48-40(11-12-41(52)45(48)44-32(5)55-56(8)33(44)6)39(49(61)50(60)63)10-9-19-66-38-22-29(2)46(53)30(3)23-38/h11-14,20-25,31H,9-10,15-19,26-27H2,1-8H3,(H,64,65)/t31-/m1/s1. The van der Waals surface area contributed by atoms with E-state index < -0.39 is 5.97 Å². The van der Waals surface area contributed by atoms with Crippen molar-refractivity contribution in [2.24, 2.45) is 7.05 Å².